The van der Waals surface area contributed by atoms with Crippen molar-refractivity contribution in [3.05, 3.63) is 96.1 Å². The van der Waals surface area contributed by atoms with Crippen molar-refractivity contribution in [2.24, 2.45) is 0 Å². The Morgan fingerprint density at radius 1 is 0.607 bits per heavy atom. The molecule has 0 unspecified atom stereocenters. The van der Waals surface area contributed by atoms with E-state index in [-0.39, 0.29) is 0 Å². The summed E-state index contributed by atoms with van der Waals surface area (Å²) in [7, 11) is 0. The van der Waals surface area contributed by atoms with Crippen LogP contribution in [0.2, 0.25) is 0 Å². The number of nitrogens with one attached hydrogen (secondary N) is 1. The van der Waals surface area contributed by atoms with Crippen LogP contribution in [0.3, 0.4) is 0 Å². The molecule has 0 saturated carbocycles. The van der Waals surface area contributed by atoms with Crippen LogP contribution < -0.4 is 0 Å². The van der Waals surface area contributed by atoms with E-state index in [9.17, 15) is 0 Å². The second-order valence-corrected chi connectivity index (χ2v) is 7.85. The lowest BCUT2D eigenvalue weighted by molar-refractivity contribution is 1.27. The fourth-order valence-electron chi connectivity index (χ4n) is 5.19. The number of aromatic nitrogens is 1. The van der Waals surface area contributed by atoms with Crippen molar-refractivity contribution >= 4 is 43.4 Å². The molecule has 0 spiro atoms. The molecule has 5 aromatic carbocycles. The van der Waals surface area contributed by atoms with Crippen molar-refractivity contribution in [2.45, 2.75) is 6.42 Å². The van der Waals surface area contributed by atoms with Crippen molar-refractivity contribution in [2.75, 3.05) is 0 Å². The van der Waals surface area contributed by atoms with Crippen molar-refractivity contribution < 1.29 is 0 Å². The van der Waals surface area contributed by atoms with E-state index in [0.29, 0.717) is 0 Å². The zero-order valence-electron chi connectivity index (χ0n) is 15.3. The molecule has 0 saturated heterocycles. The van der Waals surface area contributed by atoms with Gasteiger partial charge in [0.2, 0.25) is 0 Å². The lowest BCUT2D eigenvalue weighted by Gasteiger charge is -2.07. The Labute approximate surface area is 162 Å². The molecule has 1 heteroatoms. The molecule has 6 aromatic rings. The lowest BCUT2D eigenvalue weighted by atomic mass is 9.97. The maximum Gasteiger partial charge on any atom is 0.0507 e. The van der Waals surface area contributed by atoms with E-state index in [1.807, 2.05) is 0 Å². The van der Waals surface area contributed by atoms with Gasteiger partial charge in [-0.15, -0.1) is 0 Å². The third kappa shape index (κ3) is 1.72. The number of fused-ring (bicyclic) bond motifs is 11. The minimum Gasteiger partial charge on any atom is -0.354 e. The lowest BCUT2D eigenvalue weighted by Crippen LogP contribution is -1.82. The highest BCUT2D eigenvalue weighted by molar-refractivity contribution is 6.21. The molecule has 1 aliphatic rings. The predicted octanol–water partition coefficient (Wildman–Crippen LogP) is 7.20. The molecule has 1 aromatic heterocycles. The third-order valence-corrected chi connectivity index (χ3v) is 6.42. The standard InChI is InChI=1S/C27H17N/c1-3-7-19-16(5-1)9-10-18-15-23-21(25(18)19)12-13-22-26-20-8-4-2-6-17(20)11-14-24(26)28-27(22)23/h1-14,28H,15H2. The molecular weight excluding hydrogens is 338 g/mol. The molecule has 130 valence electrons. The molecule has 1 heterocycles. The first-order chi connectivity index (χ1) is 13.9. The van der Waals surface area contributed by atoms with Gasteiger partial charge in [0.15, 0.2) is 0 Å². The van der Waals surface area contributed by atoms with Gasteiger partial charge >= 0.3 is 0 Å². The Morgan fingerprint density at radius 3 is 2.25 bits per heavy atom. The monoisotopic (exact) mass is 355 g/mol. The van der Waals surface area contributed by atoms with Gasteiger partial charge in [-0.2, -0.15) is 0 Å². The summed E-state index contributed by atoms with van der Waals surface area (Å²) in [5.74, 6) is 0. The fraction of sp³-hybridized carbons (Fsp3) is 0.0370. The van der Waals surface area contributed by atoms with E-state index >= 15 is 0 Å². The summed E-state index contributed by atoms with van der Waals surface area (Å²) in [6, 6.07) is 31.1. The van der Waals surface area contributed by atoms with E-state index < -0.39 is 0 Å². The van der Waals surface area contributed by atoms with Crippen LogP contribution in [0.25, 0.3) is 54.5 Å². The maximum absolute atomic E-state index is 3.75. The van der Waals surface area contributed by atoms with Gasteiger partial charge in [-0.25, -0.2) is 0 Å². The molecule has 7 rings (SSSR count). The van der Waals surface area contributed by atoms with Gasteiger partial charge in [-0.1, -0.05) is 78.9 Å². The average Bonchev–Trinajstić information content (AvgIpc) is 3.32. The summed E-state index contributed by atoms with van der Waals surface area (Å²) >= 11 is 0. The van der Waals surface area contributed by atoms with Crippen LogP contribution in [0.5, 0.6) is 0 Å². The van der Waals surface area contributed by atoms with Crippen LogP contribution in [0, 0.1) is 0 Å². The topological polar surface area (TPSA) is 15.8 Å². The van der Waals surface area contributed by atoms with Crippen molar-refractivity contribution in [3.63, 3.8) is 0 Å². The minimum absolute atomic E-state index is 0.998. The van der Waals surface area contributed by atoms with Gasteiger partial charge in [0, 0.05) is 22.7 Å². The predicted molar refractivity (Wildman–Crippen MR) is 119 cm³/mol. The van der Waals surface area contributed by atoms with Gasteiger partial charge in [-0.05, 0) is 49.9 Å². The minimum atomic E-state index is 0.998. The fourth-order valence-corrected chi connectivity index (χ4v) is 5.19. The van der Waals surface area contributed by atoms with E-state index in [1.165, 1.54) is 65.6 Å². The van der Waals surface area contributed by atoms with E-state index in [1.54, 1.807) is 0 Å². The average molecular weight is 355 g/mol. The van der Waals surface area contributed by atoms with Gasteiger partial charge < -0.3 is 4.98 Å². The Morgan fingerprint density at radius 2 is 1.36 bits per heavy atom. The van der Waals surface area contributed by atoms with E-state index in [2.05, 4.69) is 89.9 Å². The molecule has 0 fully saturated rings. The molecule has 1 N–H and O–H groups in total. The highest BCUT2D eigenvalue weighted by Gasteiger charge is 2.24. The molecule has 1 nitrogen and oxygen atoms in total. The van der Waals surface area contributed by atoms with E-state index in [0.717, 1.165) is 6.42 Å². The van der Waals surface area contributed by atoms with Crippen LogP contribution >= 0.6 is 0 Å². The number of aromatic amines is 1. The summed E-state index contributed by atoms with van der Waals surface area (Å²) in [4.78, 5) is 3.75. The molecule has 0 radical (unpaired) electrons. The van der Waals surface area contributed by atoms with Gasteiger partial charge in [-0.3, -0.25) is 0 Å². The number of H-pyrrole nitrogens is 1. The van der Waals surface area contributed by atoms with Crippen LogP contribution in [0.15, 0.2) is 84.9 Å². The van der Waals surface area contributed by atoms with E-state index in [4.69, 9.17) is 0 Å². The van der Waals surface area contributed by atoms with Gasteiger partial charge in [0.05, 0.1) is 5.52 Å². The summed E-state index contributed by atoms with van der Waals surface area (Å²) in [5.41, 5.74) is 8.19. The summed E-state index contributed by atoms with van der Waals surface area (Å²) < 4.78 is 0. The zero-order valence-corrected chi connectivity index (χ0v) is 15.3. The van der Waals surface area contributed by atoms with Gasteiger partial charge in [0.1, 0.15) is 0 Å². The molecule has 0 aliphatic heterocycles. The van der Waals surface area contributed by atoms with Crippen LogP contribution in [-0.4, -0.2) is 4.98 Å². The Bertz CT molecular complexity index is 1580. The zero-order chi connectivity index (χ0) is 18.2. The quantitative estimate of drug-likeness (QED) is 0.296. The highest BCUT2D eigenvalue weighted by Crippen LogP contribution is 2.45. The van der Waals surface area contributed by atoms with Crippen LogP contribution in [0.1, 0.15) is 11.1 Å². The molecule has 1 aliphatic carbocycles. The SMILES string of the molecule is c1ccc2c3c(ccc2c1)Cc1c-3ccc2c1[nH]c1ccc3ccccc3c12. The summed E-state index contributed by atoms with van der Waals surface area (Å²) in [6.07, 6.45) is 0.998. The Balaban J connectivity index is 1.62. The molecule has 0 bridgehead atoms. The Kier molecular flexibility index (Phi) is 2.60. The number of benzene rings is 5. The smallest absolute Gasteiger partial charge is 0.0507 e. The maximum atomic E-state index is 3.75. The summed E-state index contributed by atoms with van der Waals surface area (Å²) in [6.45, 7) is 0. The summed E-state index contributed by atoms with van der Waals surface area (Å²) in [5, 5.41) is 7.98. The van der Waals surface area contributed by atoms with Crippen LogP contribution in [-0.2, 0) is 6.42 Å². The van der Waals surface area contributed by atoms with Crippen molar-refractivity contribution in [3.8, 4) is 11.1 Å². The number of hydrogen-bond donors (Lipinski definition) is 1. The Hall–Kier alpha value is -3.58. The molecule has 0 atom stereocenters. The molecular formula is C27H17N. The van der Waals surface area contributed by atoms with Crippen LogP contribution in [0.4, 0.5) is 0 Å². The molecule has 28 heavy (non-hydrogen) atoms. The first-order valence-electron chi connectivity index (χ1n) is 9.84. The normalized spacial score (nSPS) is 12.9. The van der Waals surface area contributed by atoms with Gasteiger partial charge in [0.25, 0.3) is 0 Å². The van der Waals surface area contributed by atoms with Crippen molar-refractivity contribution in [1.29, 1.82) is 0 Å². The number of rotatable bonds is 0. The second-order valence-electron chi connectivity index (χ2n) is 7.85. The highest BCUT2D eigenvalue weighted by atomic mass is 14.7. The third-order valence-electron chi connectivity index (χ3n) is 6.42. The largest absolute Gasteiger partial charge is 0.354 e. The molecule has 0 amide bonds. The first kappa shape index (κ1) is 14.5. The van der Waals surface area contributed by atoms with Crippen molar-refractivity contribution in [1.82, 2.24) is 4.98 Å². The second kappa shape index (κ2) is 5.02. The number of hydrogen-bond acceptors (Lipinski definition) is 0. The first-order valence-corrected chi connectivity index (χ1v) is 9.84.